The van der Waals surface area contributed by atoms with Crippen LogP contribution in [-0.4, -0.2) is 57.8 Å². The lowest BCUT2D eigenvalue weighted by Crippen LogP contribution is -2.31. The summed E-state index contributed by atoms with van der Waals surface area (Å²) in [6, 6.07) is 15.6. The monoisotopic (exact) mass is 440 g/mol. The Labute approximate surface area is 189 Å². The van der Waals surface area contributed by atoms with Crippen LogP contribution in [0.25, 0.3) is 5.57 Å². The SMILES string of the molecule is CCC1(O)C(C(=O)OCCOCCOCCOC)=C(c2ccc(C)cc2)c2ccccc21. The van der Waals surface area contributed by atoms with E-state index in [-0.39, 0.29) is 18.8 Å². The molecule has 0 saturated heterocycles. The molecule has 0 fully saturated rings. The van der Waals surface area contributed by atoms with E-state index in [9.17, 15) is 9.90 Å². The first-order chi connectivity index (χ1) is 15.5. The third kappa shape index (κ3) is 5.27. The molecule has 32 heavy (non-hydrogen) atoms. The molecule has 2 aromatic carbocycles. The molecule has 1 N–H and O–H groups in total. The Hall–Kier alpha value is -2.51. The number of hydrogen-bond acceptors (Lipinski definition) is 6. The van der Waals surface area contributed by atoms with Crippen molar-refractivity contribution in [3.63, 3.8) is 0 Å². The van der Waals surface area contributed by atoms with Crippen LogP contribution in [0.1, 0.15) is 35.6 Å². The van der Waals surface area contributed by atoms with E-state index in [2.05, 4.69) is 0 Å². The van der Waals surface area contributed by atoms with Gasteiger partial charge in [-0.2, -0.15) is 0 Å². The zero-order valence-electron chi connectivity index (χ0n) is 19.1. The van der Waals surface area contributed by atoms with Gasteiger partial charge < -0.3 is 24.1 Å². The molecule has 6 nitrogen and oxygen atoms in total. The van der Waals surface area contributed by atoms with Crippen molar-refractivity contribution in [2.45, 2.75) is 25.9 Å². The molecular weight excluding hydrogens is 408 g/mol. The van der Waals surface area contributed by atoms with E-state index < -0.39 is 11.6 Å². The van der Waals surface area contributed by atoms with Crippen LogP contribution in [-0.2, 0) is 29.3 Å². The summed E-state index contributed by atoms with van der Waals surface area (Å²) in [5, 5.41) is 11.6. The molecule has 0 heterocycles. The molecule has 6 heteroatoms. The molecule has 0 aliphatic heterocycles. The molecule has 0 radical (unpaired) electrons. The second kappa shape index (κ2) is 11.4. The van der Waals surface area contributed by atoms with Crippen LogP contribution in [0.2, 0.25) is 0 Å². The average molecular weight is 441 g/mol. The van der Waals surface area contributed by atoms with Gasteiger partial charge in [-0.05, 0) is 30.0 Å². The summed E-state index contributed by atoms with van der Waals surface area (Å²) in [7, 11) is 1.62. The number of hydrogen-bond donors (Lipinski definition) is 1. The predicted octanol–water partition coefficient (Wildman–Crippen LogP) is 3.63. The lowest BCUT2D eigenvalue weighted by atomic mass is 9.87. The smallest absolute Gasteiger partial charge is 0.338 e. The van der Waals surface area contributed by atoms with E-state index >= 15 is 0 Å². The van der Waals surface area contributed by atoms with Gasteiger partial charge in [-0.1, -0.05) is 61.0 Å². The minimum atomic E-state index is -1.40. The summed E-state index contributed by atoms with van der Waals surface area (Å²) in [5.74, 6) is -0.527. The summed E-state index contributed by atoms with van der Waals surface area (Å²) in [5.41, 5.74) is 3.20. The Morgan fingerprint density at radius 1 is 0.906 bits per heavy atom. The molecule has 0 amide bonds. The fourth-order valence-corrected chi connectivity index (χ4v) is 3.93. The van der Waals surface area contributed by atoms with Crippen molar-refractivity contribution >= 4 is 11.5 Å². The number of fused-ring (bicyclic) bond motifs is 1. The highest BCUT2D eigenvalue weighted by Gasteiger charge is 2.46. The fourth-order valence-electron chi connectivity index (χ4n) is 3.93. The maximum Gasteiger partial charge on any atom is 0.338 e. The highest BCUT2D eigenvalue weighted by molar-refractivity contribution is 6.07. The summed E-state index contributed by atoms with van der Waals surface area (Å²) in [6.45, 7) is 6.14. The van der Waals surface area contributed by atoms with E-state index in [1.807, 2.05) is 62.4 Å². The van der Waals surface area contributed by atoms with Crippen molar-refractivity contribution in [2.75, 3.05) is 46.8 Å². The highest BCUT2D eigenvalue weighted by Crippen LogP contribution is 2.49. The third-order valence-corrected chi connectivity index (χ3v) is 5.63. The van der Waals surface area contributed by atoms with Gasteiger partial charge in [0.1, 0.15) is 12.2 Å². The van der Waals surface area contributed by atoms with Crippen LogP contribution in [0.5, 0.6) is 0 Å². The lowest BCUT2D eigenvalue weighted by molar-refractivity contribution is -0.143. The average Bonchev–Trinajstić information content (AvgIpc) is 3.08. The number of methoxy groups -OCH3 is 1. The zero-order chi connectivity index (χ0) is 23.0. The summed E-state index contributed by atoms with van der Waals surface area (Å²) in [4.78, 5) is 13.2. The molecule has 0 spiro atoms. The van der Waals surface area contributed by atoms with Gasteiger partial charge in [0, 0.05) is 12.7 Å². The van der Waals surface area contributed by atoms with Crippen LogP contribution in [0, 0.1) is 6.92 Å². The Morgan fingerprint density at radius 2 is 1.53 bits per heavy atom. The maximum atomic E-state index is 13.2. The van der Waals surface area contributed by atoms with Crippen molar-refractivity contribution in [1.29, 1.82) is 0 Å². The topological polar surface area (TPSA) is 74.2 Å². The van der Waals surface area contributed by atoms with E-state index in [1.54, 1.807) is 7.11 Å². The molecule has 1 aliphatic rings. The van der Waals surface area contributed by atoms with E-state index in [0.717, 1.165) is 27.8 Å². The van der Waals surface area contributed by atoms with E-state index in [0.29, 0.717) is 32.8 Å². The Balaban J connectivity index is 1.74. The first kappa shape index (κ1) is 24.1. The lowest BCUT2D eigenvalue weighted by Gasteiger charge is -2.25. The maximum absolute atomic E-state index is 13.2. The number of aryl methyl sites for hydroxylation is 1. The van der Waals surface area contributed by atoms with Crippen LogP contribution in [0.3, 0.4) is 0 Å². The predicted molar refractivity (Wildman–Crippen MR) is 122 cm³/mol. The molecule has 1 aliphatic carbocycles. The van der Waals surface area contributed by atoms with Gasteiger partial charge in [0.25, 0.3) is 0 Å². The van der Waals surface area contributed by atoms with Crippen LogP contribution in [0.4, 0.5) is 0 Å². The number of aliphatic hydroxyl groups is 1. The first-order valence-electron chi connectivity index (χ1n) is 11.0. The van der Waals surface area contributed by atoms with Gasteiger partial charge >= 0.3 is 5.97 Å². The molecule has 3 rings (SSSR count). The molecule has 0 saturated carbocycles. The molecular formula is C26H32O6. The summed E-state index contributed by atoms with van der Waals surface area (Å²) >= 11 is 0. The molecule has 1 unspecified atom stereocenters. The van der Waals surface area contributed by atoms with E-state index in [4.69, 9.17) is 18.9 Å². The quantitative estimate of drug-likeness (QED) is 0.401. The van der Waals surface area contributed by atoms with Gasteiger partial charge in [-0.25, -0.2) is 4.79 Å². The van der Waals surface area contributed by atoms with Gasteiger partial charge in [0.05, 0.1) is 38.6 Å². The molecule has 172 valence electrons. The highest BCUT2D eigenvalue weighted by atomic mass is 16.6. The largest absolute Gasteiger partial charge is 0.460 e. The van der Waals surface area contributed by atoms with E-state index in [1.165, 1.54) is 0 Å². The third-order valence-electron chi connectivity index (χ3n) is 5.63. The molecule has 1 atom stereocenters. The minimum absolute atomic E-state index is 0.0950. The normalized spacial score (nSPS) is 17.5. The standard InChI is InChI=1S/C26H32O6/c1-4-26(28)22-8-6-5-7-21(22)23(20-11-9-19(2)10-12-20)24(26)25(27)32-18-17-31-16-15-30-14-13-29-3/h5-12,28H,4,13-18H2,1-3H3. The zero-order valence-corrected chi connectivity index (χ0v) is 19.1. The molecule has 2 aromatic rings. The van der Waals surface area contributed by atoms with Crippen molar-refractivity contribution in [2.24, 2.45) is 0 Å². The van der Waals surface area contributed by atoms with Crippen molar-refractivity contribution in [3.8, 4) is 0 Å². The first-order valence-corrected chi connectivity index (χ1v) is 11.0. The summed E-state index contributed by atoms with van der Waals surface area (Å²) in [6.07, 6.45) is 0.360. The van der Waals surface area contributed by atoms with Gasteiger partial charge in [0.15, 0.2) is 0 Å². The van der Waals surface area contributed by atoms with Gasteiger partial charge in [-0.3, -0.25) is 0 Å². The number of benzene rings is 2. The van der Waals surface area contributed by atoms with Gasteiger partial charge in [0.2, 0.25) is 0 Å². The Kier molecular flexibility index (Phi) is 8.59. The number of carbonyl (C=O) groups excluding carboxylic acids is 1. The number of esters is 1. The number of rotatable bonds is 12. The fraction of sp³-hybridized carbons (Fsp3) is 0.423. The van der Waals surface area contributed by atoms with Crippen LogP contribution in [0.15, 0.2) is 54.1 Å². The van der Waals surface area contributed by atoms with Crippen molar-refractivity contribution in [3.05, 3.63) is 76.4 Å². The second-order valence-corrected chi connectivity index (χ2v) is 7.73. The molecule has 0 bridgehead atoms. The number of carbonyl (C=O) groups is 1. The minimum Gasteiger partial charge on any atom is -0.460 e. The number of ether oxygens (including phenoxy) is 4. The van der Waals surface area contributed by atoms with Crippen molar-refractivity contribution in [1.82, 2.24) is 0 Å². The summed E-state index contributed by atoms with van der Waals surface area (Å²) < 4.78 is 21.2. The van der Waals surface area contributed by atoms with Crippen LogP contribution >= 0.6 is 0 Å². The van der Waals surface area contributed by atoms with Gasteiger partial charge in [-0.15, -0.1) is 0 Å². The van der Waals surface area contributed by atoms with Crippen molar-refractivity contribution < 1.29 is 28.8 Å². The second-order valence-electron chi connectivity index (χ2n) is 7.73. The molecule has 0 aromatic heterocycles. The Morgan fingerprint density at radius 3 is 2.19 bits per heavy atom. The Bertz CT molecular complexity index is 934. The van der Waals surface area contributed by atoms with Crippen LogP contribution < -0.4 is 0 Å².